The fraction of sp³-hybridized carbons (Fsp3) is 0.500. The number of hydrogen-bond donors (Lipinski definition) is 0. The molecule has 1 aliphatic heterocycles. The Morgan fingerprint density at radius 3 is 2.40 bits per heavy atom. The number of ether oxygens (including phenoxy) is 2. The monoisotopic (exact) mass is 414 g/mol. The van der Waals surface area contributed by atoms with Crippen LogP contribution in [0.15, 0.2) is 36.5 Å². The van der Waals surface area contributed by atoms with Crippen LogP contribution in [0.5, 0.6) is 5.75 Å². The van der Waals surface area contributed by atoms with Crippen LogP contribution in [0.3, 0.4) is 0 Å². The lowest BCUT2D eigenvalue weighted by Gasteiger charge is -2.45. The first-order valence-corrected chi connectivity index (χ1v) is 10.0. The zero-order chi connectivity index (χ0) is 22.1. The van der Waals surface area contributed by atoms with Crippen LogP contribution in [0.25, 0.3) is 0 Å². The summed E-state index contributed by atoms with van der Waals surface area (Å²) in [5.41, 5.74) is -0.611. The van der Waals surface area contributed by atoms with E-state index >= 15 is 0 Å². The van der Waals surface area contributed by atoms with Gasteiger partial charge in [-0.25, -0.2) is 9.48 Å². The summed E-state index contributed by atoms with van der Waals surface area (Å²) in [6, 6.07) is 9.55. The summed E-state index contributed by atoms with van der Waals surface area (Å²) in [4.78, 5) is 29.2. The number of aromatic nitrogens is 2. The summed E-state index contributed by atoms with van der Waals surface area (Å²) in [6.07, 6.45) is 1.20. The van der Waals surface area contributed by atoms with Gasteiger partial charge in [0.1, 0.15) is 22.7 Å². The molecule has 0 unspecified atom stereocenters. The summed E-state index contributed by atoms with van der Waals surface area (Å²) < 4.78 is 12.5. The topological polar surface area (TPSA) is 76.9 Å². The zero-order valence-electron chi connectivity index (χ0n) is 18.5. The van der Waals surface area contributed by atoms with Crippen LogP contribution in [0, 0.1) is 0 Å². The Hall–Kier alpha value is -3.03. The standard InChI is InChI=1S/C22H30N4O4/c1-21(2,3)30-20(28)25-14-13-24(19(27)22(25,4)5)18-11-12-23-26(18)15-16-7-9-17(29-6)10-8-16/h7-12H,13-15H2,1-6H3. The van der Waals surface area contributed by atoms with E-state index in [1.165, 1.54) is 4.90 Å². The molecule has 0 saturated carbocycles. The highest BCUT2D eigenvalue weighted by Crippen LogP contribution is 2.29. The number of nitrogens with zero attached hydrogens (tertiary/aromatic N) is 4. The Morgan fingerprint density at radius 1 is 1.13 bits per heavy atom. The number of carbonyl (C=O) groups is 2. The number of benzene rings is 1. The molecule has 2 aromatic rings. The van der Waals surface area contributed by atoms with Crippen molar-refractivity contribution in [2.24, 2.45) is 0 Å². The lowest BCUT2D eigenvalue weighted by atomic mass is 9.98. The molecule has 0 aliphatic carbocycles. The number of methoxy groups -OCH3 is 1. The number of carbonyl (C=O) groups excluding carboxylic acids is 2. The Labute approximate surface area is 177 Å². The first-order valence-electron chi connectivity index (χ1n) is 10.0. The molecule has 0 bridgehead atoms. The first-order chi connectivity index (χ1) is 14.0. The second-order valence-electron chi connectivity index (χ2n) is 8.84. The average Bonchev–Trinajstić information content (AvgIpc) is 3.10. The van der Waals surface area contributed by atoms with Crippen LogP contribution < -0.4 is 9.64 Å². The molecule has 2 heterocycles. The van der Waals surface area contributed by atoms with Gasteiger partial charge < -0.3 is 9.47 Å². The van der Waals surface area contributed by atoms with Crippen molar-refractivity contribution < 1.29 is 19.1 Å². The molecular weight excluding hydrogens is 384 g/mol. The molecule has 1 aliphatic rings. The summed E-state index contributed by atoms with van der Waals surface area (Å²) in [5.74, 6) is 1.32. The number of rotatable bonds is 4. The Morgan fingerprint density at radius 2 is 1.80 bits per heavy atom. The third-order valence-corrected chi connectivity index (χ3v) is 5.07. The van der Waals surface area contributed by atoms with Crippen molar-refractivity contribution in [3.05, 3.63) is 42.1 Å². The van der Waals surface area contributed by atoms with Crippen LogP contribution in [0.2, 0.25) is 0 Å². The van der Waals surface area contributed by atoms with Gasteiger partial charge >= 0.3 is 6.09 Å². The lowest BCUT2D eigenvalue weighted by Crippen LogP contribution is -2.65. The number of hydrogen-bond acceptors (Lipinski definition) is 5. The van der Waals surface area contributed by atoms with Gasteiger partial charge in [0.15, 0.2) is 0 Å². The van der Waals surface area contributed by atoms with Crippen LogP contribution in [0.1, 0.15) is 40.2 Å². The maximum absolute atomic E-state index is 13.3. The highest BCUT2D eigenvalue weighted by atomic mass is 16.6. The van der Waals surface area contributed by atoms with E-state index in [-0.39, 0.29) is 5.91 Å². The SMILES string of the molecule is COc1ccc(Cn2nccc2N2CCN(C(=O)OC(C)(C)C)C(C)(C)C2=O)cc1. The molecular formula is C22H30N4O4. The fourth-order valence-corrected chi connectivity index (χ4v) is 3.46. The van der Waals surface area contributed by atoms with Gasteiger partial charge in [-0.05, 0) is 52.3 Å². The van der Waals surface area contributed by atoms with Crippen molar-refractivity contribution in [1.82, 2.24) is 14.7 Å². The van der Waals surface area contributed by atoms with Crippen molar-refractivity contribution in [1.29, 1.82) is 0 Å². The molecule has 1 saturated heterocycles. The van der Waals surface area contributed by atoms with Crippen molar-refractivity contribution in [3.8, 4) is 5.75 Å². The van der Waals surface area contributed by atoms with Crippen molar-refractivity contribution in [2.75, 3.05) is 25.1 Å². The van der Waals surface area contributed by atoms with E-state index in [0.29, 0.717) is 25.5 Å². The predicted molar refractivity (Wildman–Crippen MR) is 114 cm³/mol. The summed E-state index contributed by atoms with van der Waals surface area (Å²) in [7, 11) is 1.63. The summed E-state index contributed by atoms with van der Waals surface area (Å²) in [5, 5.41) is 4.40. The maximum atomic E-state index is 13.3. The summed E-state index contributed by atoms with van der Waals surface area (Å²) >= 11 is 0. The molecule has 1 aromatic heterocycles. The van der Waals surface area contributed by atoms with Crippen LogP contribution >= 0.6 is 0 Å². The highest BCUT2D eigenvalue weighted by molar-refractivity contribution is 6.01. The molecule has 0 N–H and O–H groups in total. The summed E-state index contributed by atoms with van der Waals surface area (Å²) in [6.45, 7) is 10.2. The van der Waals surface area contributed by atoms with Crippen molar-refractivity contribution in [3.63, 3.8) is 0 Å². The minimum atomic E-state index is -1.03. The zero-order valence-corrected chi connectivity index (χ0v) is 18.5. The predicted octanol–water partition coefficient (Wildman–Crippen LogP) is 3.30. The lowest BCUT2D eigenvalue weighted by molar-refractivity contribution is -0.131. The number of piperazine rings is 1. The molecule has 2 amide bonds. The molecule has 8 heteroatoms. The Balaban J connectivity index is 1.79. The quantitative estimate of drug-likeness (QED) is 0.767. The van der Waals surface area contributed by atoms with Gasteiger partial charge in [0.25, 0.3) is 5.91 Å². The van der Waals surface area contributed by atoms with E-state index in [4.69, 9.17) is 9.47 Å². The van der Waals surface area contributed by atoms with E-state index in [1.807, 2.05) is 51.1 Å². The molecule has 162 valence electrons. The minimum absolute atomic E-state index is 0.170. The minimum Gasteiger partial charge on any atom is -0.497 e. The number of anilines is 1. The van der Waals surface area contributed by atoms with Crippen molar-refractivity contribution >= 4 is 17.8 Å². The van der Waals surface area contributed by atoms with Crippen LogP contribution in [0.4, 0.5) is 10.6 Å². The Kier molecular flexibility index (Phi) is 5.78. The molecule has 1 aromatic carbocycles. The van der Waals surface area contributed by atoms with E-state index in [2.05, 4.69) is 5.10 Å². The van der Waals surface area contributed by atoms with Gasteiger partial charge in [0, 0.05) is 19.2 Å². The molecule has 0 atom stereocenters. The maximum Gasteiger partial charge on any atom is 0.411 e. The highest BCUT2D eigenvalue weighted by Gasteiger charge is 2.46. The average molecular weight is 415 g/mol. The second-order valence-corrected chi connectivity index (χ2v) is 8.84. The smallest absolute Gasteiger partial charge is 0.411 e. The van der Waals surface area contributed by atoms with Gasteiger partial charge in [-0.3, -0.25) is 14.6 Å². The van der Waals surface area contributed by atoms with Crippen LogP contribution in [-0.2, 0) is 16.1 Å². The van der Waals surface area contributed by atoms with Crippen molar-refractivity contribution in [2.45, 2.75) is 52.3 Å². The van der Waals surface area contributed by atoms with Gasteiger partial charge in [0.05, 0.1) is 19.9 Å². The molecule has 0 spiro atoms. The third kappa shape index (κ3) is 4.42. The van der Waals surface area contributed by atoms with E-state index in [9.17, 15) is 9.59 Å². The first kappa shape index (κ1) is 21.7. The van der Waals surface area contributed by atoms with Gasteiger partial charge in [0.2, 0.25) is 0 Å². The second kappa shape index (κ2) is 8.01. The molecule has 8 nitrogen and oxygen atoms in total. The van der Waals surface area contributed by atoms with Gasteiger partial charge in [-0.2, -0.15) is 5.10 Å². The van der Waals surface area contributed by atoms with E-state index < -0.39 is 17.2 Å². The largest absolute Gasteiger partial charge is 0.497 e. The third-order valence-electron chi connectivity index (χ3n) is 5.07. The van der Waals surface area contributed by atoms with E-state index in [1.54, 1.807) is 36.7 Å². The molecule has 30 heavy (non-hydrogen) atoms. The van der Waals surface area contributed by atoms with E-state index in [0.717, 1.165) is 11.3 Å². The van der Waals surface area contributed by atoms with Gasteiger partial charge in [-0.15, -0.1) is 0 Å². The fourth-order valence-electron chi connectivity index (χ4n) is 3.46. The van der Waals surface area contributed by atoms with Crippen LogP contribution in [-0.4, -0.2) is 58.0 Å². The number of amides is 2. The molecule has 3 rings (SSSR count). The normalized spacial score (nSPS) is 16.5. The van der Waals surface area contributed by atoms with Gasteiger partial charge in [-0.1, -0.05) is 12.1 Å². The Bertz CT molecular complexity index is 912. The molecule has 0 radical (unpaired) electrons. The molecule has 1 fully saturated rings.